The topological polar surface area (TPSA) is 48.5 Å². The molecule has 154 valence electrons. The molecule has 1 N–H and O–H groups in total. The third-order valence-electron chi connectivity index (χ3n) is 6.31. The molecule has 0 spiro atoms. The zero-order valence-electron chi connectivity index (χ0n) is 17.3. The first-order valence-electron chi connectivity index (χ1n) is 11.0. The van der Waals surface area contributed by atoms with Crippen LogP contribution in [0, 0.1) is 5.92 Å². The Hall–Kier alpha value is -3.08. The Morgan fingerprint density at radius 1 is 0.967 bits per heavy atom. The minimum absolute atomic E-state index is 0.00619. The first kappa shape index (κ1) is 18.9. The molecule has 2 saturated heterocycles. The minimum atomic E-state index is -0.00619. The van der Waals surface area contributed by atoms with Gasteiger partial charge in [-0.05, 0) is 49.4 Å². The maximum Gasteiger partial charge on any atom is 0.255 e. The predicted octanol–water partition coefficient (Wildman–Crippen LogP) is 4.09. The monoisotopic (exact) mass is 400 g/mol. The second-order valence-electron chi connectivity index (χ2n) is 8.39. The summed E-state index contributed by atoms with van der Waals surface area (Å²) in [6.07, 6.45) is 3.42. The van der Waals surface area contributed by atoms with Crippen LogP contribution in [0.4, 0.5) is 11.5 Å². The summed E-state index contributed by atoms with van der Waals surface area (Å²) in [4.78, 5) is 22.7. The number of rotatable bonds is 5. The van der Waals surface area contributed by atoms with Gasteiger partial charge in [-0.15, -0.1) is 0 Å². The fourth-order valence-electron chi connectivity index (χ4n) is 4.65. The van der Waals surface area contributed by atoms with Crippen LogP contribution >= 0.6 is 0 Å². The molecular weight excluding hydrogens is 372 g/mol. The molecule has 5 heteroatoms. The molecule has 1 unspecified atom stereocenters. The van der Waals surface area contributed by atoms with Crippen molar-refractivity contribution in [3.05, 3.63) is 66.2 Å². The summed E-state index contributed by atoms with van der Waals surface area (Å²) >= 11 is 0. The van der Waals surface area contributed by atoms with Crippen LogP contribution in [0.1, 0.15) is 29.6 Å². The number of nitrogens with zero attached hydrogens (tertiary/aromatic N) is 3. The van der Waals surface area contributed by atoms with Crippen LogP contribution in [0.2, 0.25) is 0 Å². The van der Waals surface area contributed by atoms with E-state index in [0.717, 1.165) is 62.2 Å². The van der Waals surface area contributed by atoms with Crippen molar-refractivity contribution >= 4 is 28.3 Å². The first-order valence-corrected chi connectivity index (χ1v) is 11.0. The second kappa shape index (κ2) is 8.34. The number of amides is 1. The Morgan fingerprint density at radius 3 is 2.57 bits per heavy atom. The Labute approximate surface area is 177 Å². The smallest absolute Gasteiger partial charge is 0.255 e. The van der Waals surface area contributed by atoms with Crippen LogP contribution < -0.4 is 15.1 Å². The lowest BCUT2D eigenvalue weighted by Gasteiger charge is -2.21. The molecule has 5 nitrogen and oxygen atoms in total. The van der Waals surface area contributed by atoms with Crippen molar-refractivity contribution in [3.8, 4) is 0 Å². The molecule has 3 aromatic rings. The van der Waals surface area contributed by atoms with Crippen molar-refractivity contribution < 1.29 is 4.79 Å². The van der Waals surface area contributed by atoms with Gasteiger partial charge < -0.3 is 15.1 Å². The quantitative estimate of drug-likeness (QED) is 0.701. The number of fused-ring (bicyclic) bond motifs is 1. The number of hydrogen-bond donors (Lipinski definition) is 1. The molecule has 2 aliphatic rings. The zero-order valence-corrected chi connectivity index (χ0v) is 17.3. The summed E-state index contributed by atoms with van der Waals surface area (Å²) in [5.74, 6) is 1.30. The van der Waals surface area contributed by atoms with Crippen LogP contribution in [0.15, 0.2) is 60.7 Å². The number of anilines is 2. The molecule has 0 bridgehead atoms. The maximum absolute atomic E-state index is 13.2. The number of nitrogens with one attached hydrogen (secondary N) is 1. The van der Waals surface area contributed by atoms with Crippen molar-refractivity contribution in [1.82, 2.24) is 10.3 Å². The lowest BCUT2D eigenvalue weighted by atomic mass is 10.1. The third kappa shape index (κ3) is 3.84. The van der Waals surface area contributed by atoms with E-state index in [1.54, 1.807) is 0 Å². The van der Waals surface area contributed by atoms with Gasteiger partial charge in [0.1, 0.15) is 5.82 Å². The predicted molar refractivity (Wildman–Crippen MR) is 122 cm³/mol. The summed E-state index contributed by atoms with van der Waals surface area (Å²) in [5, 5.41) is 4.22. The summed E-state index contributed by atoms with van der Waals surface area (Å²) in [7, 11) is 0. The molecule has 2 fully saturated rings. The number of aromatic nitrogens is 1. The highest BCUT2D eigenvalue weighted by Crippen LogP contribution is 2.27. The van der Waals surface area contributed by atoms with Crippen molar-refractivity contribution in [2.24, 2.45) is 5.92 Å². The van der Waals surface area contributed by atoms with E-state index in [1.165, 1.54) is 5.69 Å². The Morgan fingerprint density at radius 2 is 1.73 bits per heavy atom. The Bertz CT molecular complexity index is 1030. The number of hydrogen-bond acceptors (Lipinski definition) is 4. The van der Waals surface area contributed by atoms with E-state index >= 15 is 0 Å². The van der Waals surface area contributed by atoms with E-state index in [4.69, 9.17) is 4.98 Å². The lowest BCUT2D eigenvalue weighted by molar-refractivity contribution is 0.0948. The second-order valence-corrected chi connectivity index (χ2v) is 8.39. The molecule has 5 rings (SSSR count). The Kier molecular flexibility index (Phi) is 5.26. The standard InChI is InChI=1S/C25H28N4O/c30-25(26-17-19-12-15-29(18-19)21-9-2-1-3-10-21)22-16-20-8-4-5-11-23(20)27-24(22)28-13-6-7-14-28/h1-5,8-11,16,19H,6-7,12-15,17-18H2,(H,26,30). The van der Waals surface area contributed by atoms with Crippen LogP contribution in [0.25, 0.3) is 10.9 Å². The van der Waals surface area contributed by atoms with E-state index in [2.05, 4.69) is 39.4 Å². The summed E-state index contributed by atoms with van der Waals surface area (Å²) < 4.78 is 0. The van der Waals surface area contributed by atoms with Gasteiger partial charge in [0, 0.05) is 43.8 Å². The molecule has 1 amide bonds. The molecule has 1 atom stereocenters. The van der Waals surface area contributed by atoms with Gasteiger partial charge in [0.15, 0.2) is 0 Å². The zero-order chi connectivity index (χ0) is 20.3. The number of benzene rings is 2. The van der Waals surface area contributed by atoms with E-state index < -0.39 is 0 Å². The maximum atomic E-state index is 13.2. The van der Waals surface area contributed by atoms with E-state index in [9.17, 15) is 4.79 Å². The SMILES string of the molecule is O=C(NCC1CCN(c2ccccc2)C1)c1cc2ccccc2nc1N1CCCC1. The third-order valence-corrected chi connectivity index (χ3v) is 6.31. The molecule has 0 aliphatic carbocycles. The van der Waals surface area contributed by atoms with Gasteiger partial charge in [-0.1, -0.05) is 36.4 Å². The fraction of sp³-hybridized carbons (Fsp3) is 0.360. The molecule has 30 heavy (non-hydrogen) atoms. The number of para-hydroxylation sites is 2. The highest BCUT2D eigenvalue weighted by Gasteiger charge is 2.25. The Balaban J connectivity index is 1.30. The molecule has 3 heterocycles. The van der Waals surface area contributed by atoms with Crippen LogP contribution in [0.5, 0.6) is 0 Å². The van der Waals surface area contributed by atoms with Crippen molar-refractivity contribution in [2.45, 2.75) is 19.3 Å². The highest BCUT2D eigenvalue weighted by atomic mass is 16.1. The first-order chi connectivity index (χ1) is 14.8. The fourth-order valence-corrected chi connectivity index (χ4v) is 4.65. The number of pyridine rings is 1. The molecule has 2 aromatic carbocycles. The van der Waals surface area contributed by atoms with Gasteiger partial charge in [-0.25, -0.2) is 4.98 Å². The van der Waals surface area contributed by atoms with Gasteiger partial charge >= 0.3 is 0 Å². The largest absolute Gasteiger partial charge is 0.371 e. The van der Waals surface area contributed by atoms with Crippen molar-refractivity contribution in [2.75, 3.05) is 42.5 Å². The average molecular weight is 401 g/mol. The van der Waals surface area contributed by atoms with Gasteiger partial charge in [0.2, 0.25) is 0 Å². The number of carbonyl (C=O) groups is 1. The van der Waals surface area contributed by atoms with Gasteiger partial charge in [0.05, 0.1) is 11.1 Å². The molecule has 1 aromatic heterocycles. The minimum Gasteiger partial charge on any atom is -0.371 e. The summed E-state index contributed by atoms with van der Waals surface area (Å²) in [6, 6.07) is 20.6. The van der Waals surface area contributed by atoms with Gasteiger partial charge in [-0.3, -0.25) is 4.79 Å². The van der Waals surface area contributed by atoms with E-state index in [-0.39, 0.29) is 5.91 Å². The molecule has 2 aliphatic heterocycles. The van der Waals surface area contributed by atoms with Crippen LogP contribution in [0.3, 0.4) is 0 Å². The number of carbonyl (C=O) groups excluding carboxylic acids is 1. The molecular formula is C25H28N4O. The highest BCUT2D eigenvalue weighted by molar-refractivity contribution is 6.02. The summed E-state index contributed by atoms with van der Waals surface area (Å²) in [5.41, 5.74) is 2.92. The normalized spacial score (nSPS) is 18.9. The summed E-state index contributed by atoms with van der Waals surface area (Å²) in [6.45, 7) is 4.68. The van der Waals surface area contributed by atoms with Gasteiger partial charge in [0.25, 0.3) is 5.91 Å². The van der Waals surface area contributed by atoms with Gasteiger partial charge in [-0.2, -0.15) is 0 Å². The van der Waals surface area contributed by atoms with Crippen LogP contribution in [-0.2, 0) is 0 Å². The average Bonchev–Trinajstić information content (AvgIpc) is 3.49. The van der Waals surface area contributed by atoms with Crippen molar-refractivity contribution in [1.29, 1.82) is 0 Å². The van der Waals surface area contributed by atoms with Crippen LogP contribution in [-0.4, -0.2) is 43.6 Å². The van der Waals surface area contributed by atoms with E-state index in [1.807, 2.05) is 36.4 Å². The lowest BCUT2D eigenvalue weighted by Crippen LogP contribution is -2.33. The molecule has 0 radical (unpaired) electrons. The van der Waals surface area contributed by atoms with E-state index in [0.29, 0.717) is 18.0 Å². The molecule has 0 saturated carbocycles. The van der Waals surface area contributed by atoms with Crippen molar-refractivity contribution in [3.63, 3.8) is 0 Å².